The van der Waals surface area contributed by atoms with Crippen molar-refractivity contribution in [2.45, 2.75) is 45.4 Å². The molecule has 0 spiro atoms. The van der Waals surface area contributed by atoms with Crippen LogP contribution in [0.1, 0.15) is 37.9 Å². The highest BCUT2D eigenvalue weighted by molar-refractivity contribution is 5.96. The number of fused-ring (bicyclic) bond motifs is 2. The van der Waals surface area contributed by atoms with Crippen LogP contribution in [0, 0.1) is 18.6 Å². The molecule has 0 fully saturated rings. The van der Waals surface area contributed by atoms with Crippen molar-refractivity contribution in [3.05, 3.63) is 65.4 Å². The normalized spacial score (nSPS) is 20.5. The summed E-state index contributed by atoms with van der Waals surface area (Å²) in [6.07, 6.45) is 4.70. The lowest BCUT2D eigenvalue weighted by Gasteiger charge is -2.44. The molecule has 6 heteroatoms. The van der Waals surface area contributed by atoms with E-state index >= 15 is 8.78 Å². The molecule has 158 valence electrons. The summed E-state index contributed by atoms with van der Waals surface area (Å²) >= 11 is 0. The number of aromatic nitrogens is 1. The minimum absolute atomic E-state index is 0.0901. The van der Waals surface area contributed by atoms with Crippen LogP contribution in [0.4, 0.5) is 14.5 Å². The zero-order valence-corrected chi connectivity index (χ0v) is 17.6. The molecule has 0 bridgehead atoms. The van der Waals surface area contributed by atoms with E-state index in [1.807, 2.05) is 52.1 Å². The summed E-state index contributed by atoms with van der Waals surface area (Å²) in [6, 6.07) is 6.09. The molecule has 1 aromatic heterocycles. The van der Waals surface area contributed by atoms with E-state index in [4.69, 9.17) is 0 Å². The van der Waals surface area contributed by atoms with Crippen LogP contribution in [-0.4, -0.2) is 28.3 Å². The number of anilines is 1. The van der Waals surface area contributed by atoms with Gasteiger partial charge in [0.1, 0.15) is 11.6 Å². The first kappa shape index (κ1) is 20.6. The summed E-state index contributed by atoms with van der Waals surface area (Å²) in [5.41, 5.74) is 1.93. The van der Waals surface area contributed by atoms with Gasteiger partial charge in [-0.2, -0.15) is 0 Å². The number of aryl methyl sites for hydroxylation is 1. The molecule has 4 nitrogen and oxygen atoms in total. The number of aromatic amines is 1. The van der Waals surface area contributed by atoms with Crippen molar-refractivity contribution >= 4 is 16.6 Å². The van der Waals surface area contributed by atoms with Crippen LogP contribution in [0.2, 0.25) is 0 Å². The lowest BCUT2D eigenvalue weighted by atomic mass is 9.81. The number of H-pyrrole nitrogens is 1. The Morgan fingerprint density at radius 1 is 1.27 bits per heavy atom. The van der Waals surface area contributed by atoms with Crippen LogP contribution in [0.15, 0.2) is 42.6 Å². The minimum atomic E-state index is -0.911. The van der Waals surface area contributed by atoms with Crippen molar-refractivity contribution in [1.82, 2.24) is 10.3 Å². The van der Waals surface area contributed by atoms with Gasteiger partial charge >= 0.3 is 0 Å². The molecule has 2 atom stereocenters. The molecule has 1 aliphatic heterocycles. The Hall–Kier alpha value is -2.70. The summed E-state index contributed by atoms with van der Waals surface area (Å²) in [7, 11) is 0. The maximum absolute atomic E-state index is 16.0. The van der Waals surface area contributed by atoms with Crippen molar-refractivity contribution in [1.29, 1.82) is 0 Å². The molecule has 0 saturated heterocycles. The van der Waals surface area contributed by atoms with Gasteiger partial charge in [0, 0.05) is 34.9 Å². The fraction of sp³-hybridized carbons (Fsp3) is 0.333. The highest BCUT2D eigenvalue weighted by Gasteiger charge is 2.43. The van der Waals surface area contributed by atoms with Gasteiger partial charge in [0.25, 0.3) is 0 Å². The Bertz CT molecular complexity index is 1130. The van der Waals surface area contributed by atoms with Crippen LogP contribution >= 0.6 is 0 Å². The standard InChI is InChI=1S/C24H27F2N3O/c1-5-6-10-27-22-19-17(29-24(3,4)23(22)30)11-16(25)18(20(19)26)15-9-7-8-14-13(2)12-28-21(14)15/h5-9,11-12,22-23,27-30H,10H2,1-4H3/t22-,23+/m1/s1. The number of benzene rings is 2. The molecule has 30 heavy (non-hydrogen) atoms. The maximum Gasteiger partial charge on any atom is 0.140 e. The third kappa shape index (κ3) is 3.20. The lowest BCUT2D eigenvalue weighted by molar-refractivity contribution is 0.0684. The van der Waals surface area contributed by atoms with E-state index in [9.17, 15) is 5.11 Å². The molecule has 0 saturated carbocycles. The van der Waals surface area contributed by atoms with E-state index in [2.05, 4.69) is 15.6 Å². The predicted molar refractivity (Wildman–Crippen MR) is 118 cm³/mol. The molecule has 0 unspecified atom stereocenters. The second-order valence-electron chi connectivity index (χ2n) is 8.45. The molecule has 0 radical (unpaired) electrons. The second kappa shape index (κ2) is 7.52. The zero-order chi connectivity index (χ0) is 21.6. The maximum atomic E-state index is 16.0. The van der Waals surface area contributed by atoms with Crippen molar-refractivity contribution in [2.75, 3.05) is 11.9 Å². The Balaban J connectivity index is 1.94. The van der Waals surface area contributed by atoms with E-state index in [1.165, 1.54) is 6.07 Å². The number of aliphatic hydroxyl groups is 1. The number of para-hydroxylation sites is 1. The summed E-state index contributed by atoms with van der Waals surface area (Å²) in [6.45, 7) is 7.94. The molecule has 4 rings (SSSR count). The molecule has 0 aliphatic carbocycles. The number of nitrogens with one attached hydrogen (secondary N) is 3. The van der Waals surface area contributed by atoms with Crippen LogP contribution in [-0.2, 0) is 0 Å². The number of hydrogen-bond acceptors (Lipinski definition) is 3. The fourth-order valence-corrected chi connectivity index (χ4v) is 4.31. The molecule has 3 aromatic rings. The molecular formula is C24H27F2N3O. The van der Waals surface area contributed by atoms with Crippen molar-refractivity contribution < 1.29 is 13.9 Å². The predicted octanol–water partition coefficient (Wildman–Crippen LogP) is 5.19. The average molecular weight is 411 g/mol. The zero-order valence-electron chi connectivity index (χ0n) is 17.6. The largest absolute Gasteiger partial charge is 0.389 e. The third-order valence-electron chi connectivity index (χ3n) is 5.96. The molecule has 2 heterocycles. The van der Waals surface area contributed by atoms with Crippen LogP contribution < -0.4 is 10.6 Å². The Morgan fingerprint density at radius 3 is 2.77 bits per heavy atom. The van der Waals surface area contributed by atoms with Gasteiger partial charge in [-0.3, -0.25) is 0 Å². The number of rotatable bonds is 4. The molecule has 0 amide bonds. The Kier molecular flexibility index (Phi) is 5.16. The number of aliphatic hydroxyl groups excluding tert-OH is 1. The minimum Gasteiger partial charge on any atom is -0.389 e. The smallest absolute Gasteiger partial charge is 0.140 e. The van der Waals surface area contributed by atoms with E-state index in [-0.39, 0.29) is 11.1 Å². The Labute approximate surface area is 175 Å². The first-order valence-corrected chi connectivity index (χ1v) is 10.2. The quantitative estimate of drug-likeness (QED) is 0.447. The molecule has 4 N–H and O–H groups in total. The third-order valence-corrected chi connectivity index (χ3v) is 5.96. The van der Waals surface area contributed by atoms with Gasteiger partial charge in [0.15, 0.2) is 0 Å². The molecular weight excluding hydrogens is 384 g/mol. The summed E-state index contributed by atoms with van der Waals surface area (Å²) < 4.78 is 31.2. The van der Waals surface area contributed by atoms with E-state index in [1.54, 1.807) is 12.1 Å². The van der Waals surface area contributed by atoms with Crippen LogP contribution in [0.5, 0.6) is 0 Å². The van der Waals surface area contributed by atoms with Gasteiger partial charge in [0.05, 0.1) is 28.8 Å². The van der Waals surface area contributed by atoms with Crippen molar-refractivity contribution in [2.24, 2.45) is 0 Å². The van der Waals surface area contributed by atoms with Gasteiger partial charge in [0.2, 0.25) is 0 Å². The van der Waals surface area contributed by atoms with Crippen LogP contribution in [0.3, 0.4) is 0 Å². The van der Waals surface area contributed by atoms with Crippen LogP contribution in [0.25, 0.3) is 22.0 Å². The summed E-state index contributed by atoms with van der Waals surface area (Å²) in [5.74, 6) is -1.30. The lowest BCUT2D eigenvalue weighted by Crippen LogP contribution is -2.54. The first-order chi connectivity index (χ1) is 14.3. The second-order valence-corrected chi connectivity index (χ2v) is 8.45. The van der Waals surface area contributed by atoms with Crippen molar-refractivity contribution in [3.63, 3.8) is 0 Å². The highest BCUT2D eigenvalue weighted by atomic mass is 19.1. The molecule has 1 aliphatic rings. The van der Waals surface area contributed by atoms with E-state index in [0.29, 0.717) is 23.3 Å². The molecule has 2 aromatic carbocycles. The average Bonchev–Trinajstić information content (AvgIpc) is 3.07. The first-order valence-electron chi connectivity index (χ1n) is 10.2. The number of halogens is 2. The van der Waals surface area contributed by atoms with Gasteiger partial charge < -0.3 is 20.7 Å². The van der Waals surface area contributed by atoms with Crippen molar-refractivity contribution in [3.8, 4) is 11.1 Å². The monoisotopic (exact) mass is 411 g/mol. The summed E-state index contributed by atoms with van der Waals surface area (Å²) in [4.78, 5) is 3.14. The SMILES string of the molecule is CC=CCN[C@@H]1c2c(cc(F)c(-c3cccc4c(C)c[nH]c34)c2F)NC(C)(C)[C@H]1O. The van der Waals surface area contributed by atoms with E-state index < -0.39 is 29.3 Å². The highest BCUT2D eigenvalue weighted by Crippen LogP contribution is 2.44. The summed E-state index contributed by atoms with van der Waals surface area (Å²) in [5, 5.41) is 18.2. The van der Waals surface area contributed by atoms with Gasteiger partial charge in [-0.15, -0.1) is 0 Å². The van der Waals surface area contributed by atoms with Gasteiger partial charge in [-0.25, -0.2) is 8.78 Å². The van der Waals surface area contributed by atoms with Gasteiger partial charge in [-0.1, -0.05) is 30.4 Å². The van der Waals surface area contributed by atoms with E-state index in [0.717, 1.165) is 10.9 Å². The number of hydrogen-bond donors (Lipinski definition) is 4. The van der Waals surface area contributed by atoms with Gasteiger partial charge in [-0.05, 0) is 39.3 Å². The Morgan fingerprint density at radius 2 is 2.03 bits per heavy atom. The number of allylic oxidation sites excluding steroid dienone is 1. The fourth-order valence-electron chi connectivity index (χ4n) is 4.31. The topological polar surface area (TPSA) is 60.1 Å².